The number of hydrogen-bond acceptors (Lipinski definition) is 11. The van der Waals surface area contributed by atoms with Gasteiger partial charge >= 0.3 is 23.5 Å². The van der Waals surface area contributed by atoms with Gasteiger partial charge in [0.2, 0.25) is 11.6 Å². The Morgan fingerprint density at radius 3 is 2.58 bits per heavy atom. The molecule has 5 atom stereocenters. The third kappa shape index (κ3) is 6.06. The summed E-state index contributed by atoms with van der Waals surface area (Å²) in [7, 11) is -16.3. The second kappa shape index (κ2) is 8.46. The van der Waals surface area contributed by atoms with E-state index in [4.69, 9.17) is 25.2 Å². The van der Waals surface area contributed by atoms with Gasteiger partial charge in [-0.25, -0.2) is 23.2 Å². The lowest BCUT2D eigenvalue weighted by atomic mass is 10.00. The molecule has 17 nitrogen and oxygen atoms in total. The molecule has 3 rings (SSSR count). The Balaban J connectivity index is 1.67. The minimum absolute atomic E-state index is 0.0169. The van der Waals surface area contributed by atoms with Crippen molar-refractivity contribution >= 4 is 35.1 Å². The number of rotatable bonds is 8. The number of anilines is 1. The second-order valence-corrected chi connectivity index (χ2v) is 11.0. The Morgan fingerprint density at radius 1 is 1.26 bits per heavy atom. The van der Waals surface area contributed by atoms with E-state index in [9.17, 15) is 23.4 Å². The third-order valence-corrected chi connectivity index (χ3v) is 7.84. The number of phosphoric ester groups is 1. The van der Waals surface area contributed by atoms with Gasteiger partial charge in [0.05, 0.1) is 24.6 Å². The molecule has 1 aliphatic heterocycles. The highest BCUT2D eigenvalue weighted by Gasteiger charge is 2.42. The number of nitrogens with two attached hydrogens (primary N) is 1. The van der Waals surface area contributed by atoms with Gasteiger partial charge in [0.1, 0.15) is 6.10 Å². The zero-order valence-electron chi connectivity index (χ0n) is 15.5. The molecule has 0 aromatic carbocycles. The molecular weight excluding hydrogens is 487 g/mol. The average molecular weight is 505 g/mol. The van der Waals surface area contributed by atoms with Gasteiger partial charge in [-0.2, -0.15) is 8.62 Å². The molecule has 0 saturated carbocycles. The summed E-state index contributed by atoms with van der Waals surface area (Å²) in [5.74, 6) is -0.344. The maximum absolute atomic E-state index is 11.9. The molecule has 174 valence electrons. The van der Waals surface area contributed by atoms with Crippen molar-refractivity contribution < 1.29 is 51.2 Å². The smallest absolute Gasteiger partial charge is 0.368 e. The van der Waals surface area contributed by atoms with Crippen molar-refractivity contribution in [3.8, 4) is 0 Å². The van der Waals surface area contributed by atoms with Crippen molar-refractivity contribution in [1.29, 1.82) is 0 Å². The summed E-state index contributed by atoms with van der Waals surface area (Å²) >= 11 is 0. The quantitative estimate of drug-likeness (QED) is 0.254. The summed E-state index contributed by atoms with van der Waals surface area (Å²) in [6.07, 6.45) is 0.211. The van der Waals surface area contributed by atoms with E-state index < -0.39 is 47.8 Å². The zero-order valence-corrected chi connectivity index (χ0v) is 18.2. The minimum Gasteiger partial charge on any atom is -0.368 e. The average Bonchev–Trinajstić information content (AvgIpc) is 3.12. The van der Waals surface area contributed by atoms with E-state index in [0.717, 1.165) is 0 Å². The number of nitrogens with one attached hydrogen (secondary N) is 1. The summed E-state index contributed by atoms with van der Waals surface area (Å²) in [6, 6.07) is 0. The van der Waals surface area contributed by atoms with E-state index in [-0.39, 0.29) is 17.5 Å². The van der Waals surface area contributed by atoms with Crippen molar-refractivity contribution in [2.24, 2.45) is 5.92 Å². The van der Waals surface area contributed by atoms with Crippen molar-refractivity contribution in [3.05, 3.63) is 22.2 Å². The molecule has 3 heterocycles. The van der Waals surface area contributed by atoms with E-state index >= 15 is 0 Å². The van der Waals surface area contributed by atoms with Crippen LogP contribution in [0, 0.1) is 5.92 Å². The lowest BCUT2D eigenvalue weighted by Gasteiger charge is -2.18. The molecule has 0 bridgehead atoms. The summed E-state index contributed by atoms with van der Waals surface area (Å²) < 4.78 is 52.6. The Labute approximate surface area is 172 Å². The van der Waals surface area contributed by atoms with Gasteiger partial charge in [-0.3, -0.25) is 14.3 Å². The minimum atomic E-state index is -5.60. The predicted molar refractivity (Wildman–Crippen MR) is 99.2 cm³/mol. The van der Waals surface area contributed by atoms with Crippen LogP contribution in [0.1, 0.15) is 25.1 Å². The van der Waals surface area contributed by atoms with Crippen molar-refractivity contribution in [2.45, 2.75) is 25.6 Å². The van der Waals surface area contributed by atoms with Crippen molar-refractivity contribution in [1.82, 2.24) is 19.6 Å². The Bertz CT molecular complexity index is 1170. The highest BCUT2D eigenvalue weighted by Crippen LogP contribution is 2.66. The highest BCUT2D eigenvalue weighted by molar-refractivity contribution is 7.66. The van der Waals surface area contributed by atoms with Crippen LogP contribution in [0.2, 0.25) is 0 Å². The molecule has 0 amide bonds. The molecule has 0 spiro atoms. The predicted octanol–water partition coefficient (Wildman–Crippen LogP) is -0.191. The number of H-pyrrole nitrogens is 1. The Morgan fingerprint density at radius 2 is 1.94 bits per heavy atom. The lowest BCUT2D eigenvalue weighted by Crippen LogP contribution is -2.19. The van der Waals surface area contributed by atoms with Gasteiger partial charge in [-0.05, 0) is 12.3 Å². The molecule has 31 heavy (non-hydrogen) atoms. The molecule has 7 N–H and O–H groups in total. The number of nitrogen functional groups attached to an aromatic ring is 1. The van der Waals surface area contributed by atoms with Gasteiger partial charge in [0, 0.05) is 0 Å². The van der Waals surface area contributed by atoms with E-state index in [1.54, 1.807) is 6.92 Å². The Kier molecular flexibility index (Phi) is 6.60. The number of phosphoric acid groups is 3. The van der Waals surface area contributed by atoms with Gasteiger partial charge in [0.25, 0.3) is 5.56 Å². The van der Waals surface area contributed by atoms with Crippen molar-refractivity contribution in [3.63, 3.8) is 0 Å². The normalized spacial score (nSPS) is 26.0. The number of aromatic amines is 1. The van der Waals surface area contributed by atoms with Crippen LogP contribution < -0.4 is 11.3 Å². The lowest BCUT2D eigenvalue weighted by molar-refractivity contribution is 0.00204. The van der Waals surface area contributed by atoms with Crippen molar-refractivity contribution in [2.75, 3.05) is 12.3 Å². The van der Waals surface area contributed by atoms with Crippen LogP contribution in [0.15, 0.2) is 11.0 Å². The molecule has 2 unspecified atom stereocenters. The maximum atomic E-state index is 11.9. The topological polar surface area (TPSA) is 258 Å². The fraction of sp³-hybridized carbons (Fsp3) is 0.545. The van der Waals surface area contributed by atoms with Crippen LogP contribution in [-0.2, 0) is 31.6 Å². The number of nitrogens with zero attached hydrogens (tertiary/aromatic N) is 3. The molecule has 1 fully saturated rings. The first-order chi connectivity index (χ1) is 14.2. The van der Waals surface area contributed by atoms with Crippen LogP contribution in [0.25, 0.3) is 5.65 Å². The molecule has 20 heteroatoms. The third-order valence-electron chi connectivity index (χ3n) is 4.04. The first kappa shape index (κ1) is 24.2. The fourth-order valence-electron chi connectivity index (χ4n) is 3.00. The molecule has 0 radical (unpaired) electrons. The highest BCUT2D eigenvalue weighted by atomic mass is 31.3. The van der Waals surface area contributed by atoms with Crippen LogP contribution in [0.4, 0.5) is 5.95 Å². The zero-order chi connectivity index (χ0) is 23.2. The van der Waals surface area contributed by atoms with Crippen LogP contribution >= 0.6 is 23.5 Å². The molecule has 1 saturated heterocycles. The number of imidazole rings is 1. The standard InChI is InChI=1S/C11H18N5O12P3/c1-5-2-6(4-25-30(21,22)28-31(23,24)27-29(18,19)20)26-8(5)7-3-13-9-10(17)14-11(12)15-16(7)9/h3,5-6,8H,2,4H2,1H3,(H,21,22)(H,23,24)(H2,18,19,20)(H3,12,14,15,17)/t5-,6+,8-/m1/s1. The fourth-order valence-corrected chi connectivity index (χ4v) is 6.05. The number of ether oxygens (including phenoxy) is 1. The summed E-state index contributed by atoms with van der Waals surface area (Å²) in [4.78, 5) is 53.9. The van der Waals surface area contributed by atoms with E-state index in [1.807, 2.05) is 0 Å². The number of fused-ring (bicyclic) bond motifs is 1. The maximum Gasteiger partial charge on any atom is 0.490 e. The summed E-state index contributed by atoms with van der Waals surface area (Å²) in [5, 5.41) is 3.98. The Hall–Kier alpha value is -1.48. The SMILES string of the molecule is C[C@@H]1C[C@@H](COP(=O)(O)OP(=O)(O)OP(=O)(O)O)O[C@H]1c1cnc2c(=O)[nH]c(N)nn12. The first-order valence-corrected chi connectivity index (χ1v) is 12.9. The molecule has 2 aromatic heterocycles. The first-order valence-electron chi connectivity index (χ1n) is 8.33. The summed E-state index contributed by atoms with van der Waals surface area (Å²) in [6.45, 7) is 1.20. The number of hydrogen-bond donors (Lipinski definition) is 6. The number of aromatic nitrogens is 4. The molecule has 0 aliphatic carbocycles. The van der Waals surface area contributed by atoms with E-state index in [1.165, 1.54) is 10.7 Å². The largest absolute Gasteiger partial charge is 0.490 e. The van der Waals surface area contributed by atoms with Crippen LogP contribution in [0.5, 0.6) is 0 Å². The monoisotopic (exact) mass is 505 g/mol. The second-order valence-electron chi connectivity index (χ2n) is 6.54. The van der Waals surface area contributed by atoms with Gasteiger partial charge < -0.3 is 30.0 Å². The van der Waals surface area contributed by atoms with E-state index in [0.29, 0.717) is 12.1 Å². The summed E-state index contributed by atoms with van der Waals surface area (Å²) in [5.41, 5.74) is 5.36. The molecule has 2 aromatic rings. The van der Waals surface area contributed by atoms with Gasteiger partial charge in [-0.15, -0.1) is 5.10 Å². The molecular formula is C11H18N5O12P3. The van der Waals surface area contributed by atoms with Crippen LogP contribution in [0.3, 0.4) is 0 Å². The van der Waals surface area contributed by atoms with Crippen LogP contribution in [-0.4, -0.2) is 51.9 Å². The van der Waals surface area contributed by atoms with E-state index in [2.05, 4.69) is 28.2 Å². The van der Waals surface area contributed by atoms with Gasteiger partial charge in [-0.1, -0.05) is 6.92 Å². The van der Waals surface area contributed by atoms with Gasteiger partial charge in [0.15, 0.2) is 0 Å². The molecule has 1 aliphatic rings.